The van der Waals surface area contributed by atoms with Gasteiger partial charge in [-0.05, 0) is 37.0 Å². The maximum atomic E-state index is 13.5. The molecule has 4 nitrogen and oxygen atoms in total. The van der Waals surface area contributed by atoms with E-state index in [1.54, 1.807) is 6.07 Å². The van der Waals surface area contributed by atoms with Crippen molar-refractivity contribution in [3.05, 3.63) is 76.3 Å². The van der Waals surface area contributed by atoms with Gasteiger partial charge in [-0.25, -0.2) is 0 Å². The molecule has 0 radical (unpaired) electrons. The highest BCUT2D eigenvalue weighted by molar-refractivity contribution is 6.33. The van der Waals surface area contributed by atoms with E-state index in [9.17, 15) is 4.79 Å². The molecule has 178 valence electrons. The van der Waals surface area contributed by atoms with Gasteiger partial charge >= 0.3 is 0 Å². The number of rotatable bonds is 12. The topological polar surface area (TPSA) is 32.8 Å². The predicted molar refractivity (Wildman–Crippen MR) is 138 cm³/mol. The van der Waals surface area contributed by atoms with Gasteiger partial charge in [0, 0.05) is 32.7 Å². The van der Waals surface area contributed by atoms with Crippen molar-refractivity contribution in [3.63, 3.8) is 0 Å². The molecule has 2 aromatic carbocycles. The predicted octanol–water partition coefficient (Wildman–Crippen LogP) is 6.17. The van der Waals surface area contributed by atoms with Crippen LogP contribution < -0.4 is 0 Å². The average Bonchev–Trinajstić information content (AvgIpc) is 2.84. The molecule has 3 rings (SSSR count). The molecule has 0 aliphatic carbocycles. The molecule has 0 N–H and O–H groups in total. The zero-order valence-electron chi connectivity index (χ0n) is 19.8. The van der Waals surface area contributed by atoms with Crippen LogP contribution in [0.2, 0.25) is 5.02 Å². The first-order valence-electron chi connectivity index (χ1n) is 12.3. The van der Waals surface area contributed by atoms with E-state index in [-0.39, 0.29) is 5.91 Å². The molecule has 0 unspecified atom stereocenters. The Morgan fingerprint density at radius 2 is 1.76 bits per heavy atom. The van der Waals surface area contributed by atoms with Crippen LogP contribution in [0.5, 0.6) is 0 Å². The number of morpholine rings is 1. The van der Waals surface area contributed by atoms with Gasteiger partial charge in [0.2, 0.25) is 0 Å². The number of hydrogen-bond acceptors (Lipinski definition) is 3. The Balaban J connectivity index is 1.76. The number of ether oxygens (including phenoxy) is 1. The van der Waals surface area contributed by atoms with Crippen molar-refractivity contribution in [2.75, 3.05) is 45.9 Å². The number of hydrogen-bond donors (Lipinski definition) is 0. The molecular formula is C28H37ClN2O2. The molecule has 5 heteroatoms. The monoisotopic (exact) mass is 468 g/mol. The van der Waals surface area contributed by atoms with Crippen molar-refractivity contribution in [2.24, 2.45) is 0 Å². The molecule has 2 aromatic rings. The second-order valence-electron chi connectivity index (χ2n) is 8.68. The molecule has 1 heterocycles. The Labute approximate surface area is 204 Å². The van der Waals surface area contributed by atoms with Crippen molar-refractivity contribution in [3.8, 4) is 0 Å². The highest BCUT2D eigenvalue weighted by Gasteiger charge is 2.20. The van der Waals surface area contributed by atoms with Crippen LogP contribution in [0.4, 0.5) is 0 Å². The second-order valence-corrected chi connectivity index (χ2v) is 9.09. The minimum absolute atomic E-state index is 0.0111. The fourth-order valence-corrected chi connectivity index (χ4v) is 4.41. The Morgan fingerprint density at radius 3 is 2.48 bits per heavy atom. The molecule has 1 amide bonds. The van der Waals surface area contributed by atoms with Crippen molar-refractivity contribution in [1.29, 1.82) is 0 Å². The van der Waals surface area contributed by atoms with Crippen LogP contribution in [-0.2, 0) is 4.74 Å². The second kappa shape index (κ2) is 14.2. The lowest BCUT2D eigenvalue weighted by atomic mass is 10.0. The maximum absolute atomic E-state index is 13.5. The van der Waals surface area contributed by atoms with Crippen LogP contribution in [-0.4, -0.2) is 61.6 Å². The minimum atomic E-state index is 0.0111. The summed E-state index contributed by atoms with van der Waals surface area (Å²) >= 11 is 6.40. The van der Waals surface area contributed by atoms with Crippen LogP contribution in [0.1, 0.15) is 54.9 Å². The Morgan fingerprint density at radius 1 is 1.03 bits per heavy atom. The summed E-state index contributed by atoms with van der Waals surface area (Å²) in [5, 5.41) is 0.514. The van der Waals surface area contributed by atoms with E-state index in [4.69, 9.17) is 16.3 Å². The van der Waals surface area contributed by atoms with Gasteiger partial charge in [0.15, 0.2) is 0 Å². The van der Waals surface area contributed by atoms with Gasteiger partial charge in [0.1, 0.15) is 0 Å². The molecule has 1 aliphatic rings. The van der Waals surface area contributed by atoms with Gasteiger partial charge < -0.3 is 9.64 Å². The number of carbonyl (C=O) groups is 1. The quantitative estimate of drug-likeness (QED) is 0.349. The minimum Gasteiger partial charge on any atom is -0.379 e. The number of unbranched alkanes of at least 4 members (excludes halogenated alkanes) is 2. The lowest BCUT2D eigenvalue weighted by Gasteiger charge is -2.29. The zero-order valence-corrected chi connectivity index (χ0v) is 20.6. The number of carbonyl (C=O) groups excluding carboxylic acids is 1. The first-order chi connectivity index (χ1) is 16.2. The molecule has 0 aromatic heterocycles. The fourth-order valence-electron chi connectivity index (χ4n) is 4.20. The normalized spacial score (nSPS) is 14.9. The van der Waals surface area contributed by atoms with Crippen molar-refractivity contribution in [1.82, 2.24) is 9.80 Å². The fraction of sp³-hybridized carbons (Fsp3) is 0.464. The highest BCUT2D eigenvalue weighted by Crippen LogP contribution is 2.21. The average molecular weight is 469 g/mol. The third-order valence-electron chi connectivity index (χ3n) is 6.06. The molecular weight excluding hydrogens is 432 g/mol. The van der Waals surface area contributed by atoms with Gasteiger partial charge in [-0.2, -0.15) is 0 Å². The van der Waals surface area contributed by atoms with E-state index in [2.05, 4.69) is 42.2 Å². The summed E-state index contributed by atoms with van der Waals surface area (Å²) < 4.78 is 5.46. The first-order valence-corrected chi connectivity index (χ1v) is 12.6. The van der Waals surface area contributed by atoms with Gasteiger partial charge in [-0.1, -0.05) is 85.5 Å². The summed E-state index contributed by atoms with van der Waals surface area (Å²) in [5.41, 5.74) is 3.06. The maximum Gasteiger partial charge on any atom is 0.255 e. The van der Waals surface area contributed by atoms with Gasteiger partial charge in [-0.3, -0.25) is 9.69 Å². The molecule has 0 spiro atoms. The molecule has 1 saturated heterocycles. The molecule has 0 bridgehead atoms. The van der Waals surface area contributed by atoms with E-state index in [1.807, 2.05) is 29.2 Å². The summed E-state index contributed by atoms with van der Waals surface area (Å²) in [6.45, 7) is 8.06. The van der Waals surface area contributed by atoms with Crippen molar-refractivity contribution in [2.45, 2.75) is 39.0 Å². The van der Waals surface area contributed by atoms with Crippen LogP contribution >= 0.6 is 11.6 Å². The number of amides is 1. The summed E-state index contributed by atoms with van der Waals surface area (Å²) in [4.78, 5) is 18.0. The van der Waals surface area contributed by atoms with Gasteiger partial charge in [0.25, 0.3) is 5.91 Å². The standard InChI is InChI=1S/C28H37ClN2O2/c1-2-3-5-13-25(22-24-11-6-4-7-12-24)23-31(17-10-16-30-18-20-33-21-19-30)28(32)26-14-8-9-15-27(26)29/h4,6-9,11-12,14-15,22H,2-3,5,10,13,16-21,23H2,1H3/b25-22+. The molecule has 0 saturated carbocycles. The molecule has 33 heavy (non-hydrogen) atoms. The SMILES string of the molecule is CCCCC/C(=C\c1ccccc1)CN(CCCN1CCOCC1)C(=O)c1ccccc1Cl. The summed E-state index contributed by atoms with van der Waals surface area (Å²) in [5.74, 6) is 0.0111. The number of nitrogens with zero attached hydrogens (tertiary/aromatic N) is 2. The van der Waals surface area contributed by atoms with Crippen LogP contribution in [0.3, 0.4) is 0 Å². The lowest BCUT2D eigenvalue weighted by Crippen LogP contribution is -2.39. The van der Waals surface area contributed by atoms with E-state index >= 15 is 0 Å². The lowest BCUT2D eigenvalue weighted by molar-refractivity contribution is 0.0358. The molecule has 1 fully saturated rings. The van der Waals surface area contributed by atoms with Gasteiger partial charge in [0.05, 0.1) is 23.8 Å². The third-order valence-corrected chi connectivity index (χ3v) is 6.39. The highest BCUT2D eigenvalue weighted by atomic mass is 35.5. The largest absolute Gasteiger partial charge is 0.379 e. The van der Waals surface area contributed by atoms with E-state index in [1.165, 1.54) is 24.0 Å². The van der Waals surface area contributed by atoms with Crippen LogP contribution in [0.25, 0.3) is 6.08 Å². The Kier molecular flexibility index (Phi) is 11.0. The number of halogens is 1. The summed E-state index contributed by atoms with van der Waals surface area (Å²) in [6.07, 6.45) is 7.70. The Bertz CT molecular complexity index is 878. The first kappa shape index (κ1) is 25.5. The van der Waals surface area contributed by atoms with Gasteiger partial charge in [-0.15, -0.1) is 0 Å². The number of benzene rings is 2. The van der Waals surface area contributed by atoms with E-state index in [0.29, 0.717) is 23.7 Å². The zero-order chi connectivity index (χ0) is 23.3. The Hall–Kier alpha value is -2.14. The third kappa shape index (κ3) is 8.62. The van der Waals surface area contributed by atoms with Crippen molar-refractivity contribution < 1.29 is 9.53 Å². The van der Waals surface area contributed by atoms with Crippen LogP contribution in [0, 0.1) is 0 Å². The van der Waals surface area contributed by atoms with E-state index < -0.39 is 0 Å². The molecule has 1 aliphatic heterocycles. The van der Waals surface area contributed by atoms with Crippen molar-refractivity contribution >= 4 is 23.6 Å². The van der Waals surface area contributed by atoms with E-state index in [0.717, 1.165) is 52.1 Å². The smallest absolute Gasteiger partial charge is 0.255 e. The van der Waals surface area contributed by atoms with Crippen LogP contribution in [0.15, 0.2) is 60.2 Å². The molecule has 0 atom stereocenters. The summed E-state index contributed by atoms with van der Waals surface area (Å²) in [7, 11) is 0. The summed E-state index contributed by atoms with van der Waals surface area (Å²) in [6, 6.07) is 17.8.